The van der Waals surface area contributed by atoms with E-state index in [2.05, 4.69) is 12.0 Å². The molecule has 0 spiro atoms. The van der Waals surface area contributed by atoms with Gasteiger partial charge in [0.25, 0.3) is 0 Å². The molecule has 1 unspecified atom stereocenters. The van der Waals surface area contributed by atoms with Gasteiger partial charge >= 0.3 is 0 Å². The number of nitrogens with zero attached hydrogens (tertiary/aromatic N) is 2. The molecule has 0 fully saturated rings. The quantitative estimate of drug-likeness (QED) is 0.767. The number of hydrogen-bond donors (Lipinski definition) is 1. The number of aromatic nitrogens is 2. The first-order chi connectivity index (χ1) is 6.16. The summed E-state index contributed by atoms with van der Waals surface area (Å²) in [6, 6.07) is 0.300. The van der Waals surface area contributed by atoms with Crippen LogP contribution in [-0.2, 0) is 4.74 Å². The number of rotatable bonds is 4. The maximum Gasteiger partial charge on any atom is 0.124 e. The highest BCUT2D eigenvalue weighted by Crippen LogP contribution is 2.17. The molecule has 1 rings (SSSR count). The van der Waals surface area contributed by atoms with Gasteiger partial charge in [0.1, 0.15) is 5.82 Å². The molecular formula is C9H17N3O. The van der Waals surface area contributed by atoms with Gasteiger partial charge in [-0.15, -0.1) is 0 Å². The van der Waals surface area contributed by atoms with Gasteiger partial charge in [-0.3, -0.25) is 0 Å². The van der Waals surface area contributed by atoms with Crippen LogP contribution in [-0.4, -0.2) is 23.5 Å². The minimum Gasteiger partial charge on any atom is -0.385 e. The summed E-state index contributed by atoms with van der Waals surface area (Å²) in [6.07, 6.45) is 2.72. The van der Waals surface area contributed by atoms with Crippen LogP contribution in [0.3, 0.4) is 0 Å². The summed E-state index contributed by atoms with van der Waals surface area (Å²) in [7, 11) is 1.70. The van der Waals surface area contributed by atoms with Crippen molar-refractivity contribution < 1.29 is 4.74 Å². The number of aryl methyl sites for hydroxylation is 1. The van der Waals surface area contributed by atoms with Crippen molar-refractivity contribution >= 4 is 5.82 Å². The summed E-state index contributed by atoms with van der Waals surface area (Å²) >= 11 is 0. The van der Waals surface area contributed by atoms with Crippen molar-refractivity contribution in [2.45, 2.75) is 26.3 Å². The second kappa shape index (κ2) is 4.28. The first-order valence-corrected chi connectivity index (χ1v) is 4.45. The molecule has 0 radical (unpaired) electrons. The summed E-state index contributed by atoms with van der Waals surface area (Å²) in [6.45, 7) is 4.78. The zero-order valence-electron chi connectivity index (χ0n) is 8.45. The Balaban J connectivity index is 2.65. The zero-order valence-corrected chi connectivity index (χ0v) is 8.45. The minimum atomic E-state index is 0.300. The molecule has 2 N–H and O–H groups in total. The van der Waals surface area contributed by atoms with Crippen molar-refractivity contribution in [3.8, 4) is 0 Å². The van der Waals surface area contributed by atoms with Crippen LogP contribution in [0.1, 0.15) is 24.9 Å². The summed E-state index contributed by atoms with van der Waals surface area (Å²) < 4.78 is 6.84. The maximum atomic E-state index is 5.83. The zero-order chi connectivity index (χ0) is 9.84. The lowest BCUT2D eigenvalue weighted by Gasteiger charge is -2.13. The minimum absolute atomic E-state index is 0.300. The van der Waals surface area contributed by atoms with E-state index < -0.39 is 0 Å². The summed E-state index contributed by atoms with van der Waals surface area (Å²) in [5, 5.41) is 4.20. The van der Waals surface area contributed by atoms with Crippen LogP contribution in [0.25, 0.3) is 0 Å². The Hall–Kier alpha value is -1.03. The fraction of sp³-hybridized carbons (Fsp3) is 0.667. The molecule has 0 aromatic carbocycles. The van der Waals surface area contributed by atoms with Gasteiger partial charge in [-0.25, -0.2) is 4.68 Å². The molecule has 0 saturated heterocycles. The Morgan fingerprint density at radius 2 is 2.38 bits per heavy atom. The van der Waals surface area contributed by atoms with Crippen molar-refractivity contribution in [1.29, 1.82) is 0 Å². The Morgan fingerprint density at radius 3 is 2.85 bits per heavy atom. The molecule has 1 atom stereocenters. The van der Waals surface area contributed by atoms with Crippen LogP contribution in [0.2, 0.25) is 0 Å². The third-order valence-electron chi connectivity index (χ3n) is 2.18. The number of nitrogens with two attached hydrogens (primary N) is 1. The van der Waals surface area contributed by atoms with E-state index in [1.807, 2.05) is 11.6 Å². The van der Waals surface area contributed by atoms with E-state index in [0.717, 1.165) is 24.4 Å². The average Bonchev–Trinajstić information content (AvgIpc) is 2.44. The smallest absolute Gasteiger partial charge is 0.124 e. The predicted octanol–water partition coefficient (Wildman–Crippen LogP) is 1.37. The van der Waals surface area contributed by atoms with Crippen LogP contribution < -0.4 is 5.73 Å². The highest BCUT2D eigenvalue weighted by atomic mass is 16.5. The molecule has 0 aliphatic rings. The highest BCUT2D eigenvalue weighted by molar-refractivity contribution is 5.37. The lowest BCUT2D eigenvalue weighted by molar-refractivity contribution is 0.179. The standard InChI is InChI=1S/C9H17N3O/c1-7-6-11-12(9(7)10)8(2)4-5-13-3/h6,8H,4-5,10H2,1-3H3. The van der Waals surface area contributed by atoms with E-state index in [1.54, 1.807) is 13.3 Å². The number of ether oxygens (including phenoxy) is 1. The van der Waals surface area contributed by atoms with Gasteiger partial charge in [0.2, 0.25) is 0 Å². The molecule has 0 bridgehead atoms. The van der Waals surface area contributed by atoms with Crippen LogP contribution >= 0.6 is 0 Å². The lowest BCUT2D eigenvalue weighted by atomic mass is 10.2. The van der Waals surface area contributed by atoms with Crippen molar-refractivity contribution in [3.63, 3.8) is 0 Å². The van der Waals surface area contributed by atoms with Crippen LogP contribution in [0.4, 0.5) is 5.82 Å². The summed E-state index contributed by atoms with van der Waals surface area (Å²) in [5.74, 6) is 0.753. The number of nitrogen functional groups attached to an aromatic ring is 1. The number of anilines is 1. The van der Waals surface area contributed by atoms with Crippen molar-refractivity contribution in [3.05, 3.63) is 11.8 Å². The number of methoxy groups -OCH3 is 1. The van der Waals surface area contributed by atoms with E-state index in [9.17, 15) is 0 Å². The fourth-order valence-electron chi connectivity index (χ4n) is 1.22. The van der Waals surface area contributed by atoms with Gasteiger partial charge in [0.15, 0.2) is 0 Å². The molecule has 1 aromatic heterocycles. The van der Waals surface area contributed by atoms with Crippen molar-refractivity contribution in [1.82, 2.24) is 9.78 Å². The molecule has 74 valence electrons. The lowest BCUT2D eigenvalue weighted by Crippen LogP contribution is -2.12. The van der Waals surface area contributed by atoms with Gasteiger partial charge in [-0.1, -0.05) is 0 Å². The molecule has 0 aliphatic heterocycles. The van der Waals surface area contributed by atoms with Gasteiger partial charge in [0.05, 0.1) is 12.2 Å². The van der Waals surface area contributed by atoms with Crippen LogP contribution in [0, 0.1) is 6.92 Å². The molecule has 13 heavy (non-hydrogen) atoms. The van der Waals surface area contributed by atoms with Crippen LogP contribution in [0.15, 0.2) is 6.20 Å². The Bertz CT molecular complexity index is 270. The van der Waals surface area contributed by atoms with Gasteiger partial charge in [-0.2, -0.15) is 5.10 Å². The molecule has 1 aromatic rings. The summed E-state index contributed by atoms with van der Waals surface area (Å²) in [5.41, 5.74) is 6.87. The topological polar surface area (TPSA) is 53.1 Å². The molecule has 0 saturated carbocycles. The molecule has 4 nitrogen and oxygen atoms in total. The molecule has 1 heterocycles. The third kappa shape index (κ3) is 2.21. The first-order valence-electron chi connectivity index (χ1n) is 4.45. The normalized spacial score (nSPS) is 13.2. The maximum absolute atomic E-state index is 5.83. The molecule has 4 heteroatoms. The van der Waals surface area contributed by atoms with E-state index in [4.69, 9.17) is 10.5 Å². The fourth-order valence-corrected chi connectivity index (χ4v) is 1.22. The Labute approximate surface area is 78.7 Å². The number of hydrogen-bond acceptors (Lipinski definition) is 3. The van der Waals surface area contributed by atoms with Gasteiger partial charge < -0.3 is 10.5 Å². The first kappa shape index (κ1) is 10.1. The second-order valence-electron chi connectivity index (χ2n) is 3.29. The second-order valence-corrected chi connectivity index (χ2v) is 3.29. The van der Waals surface area contributed by atoms with Gasteiger partial charge in [0, 0.05) is 19.3 Å². The molecular weight excluding hydrogens is 166 g/mol. The SMILES string of the molecule is COCCC(C)n1ncc(C)c1N. The predicted molar refractivity (Wildman–Crippen MR) is 52.6 cm³/mol. The van der Waals surface area contributed by atoms with Crippen molar-refractivity contribution in [2.75, 3.05) is 19.5 Å². The van der Waals surface area contributed by atoms with E-state index in [-0.39, 0.29) is 0 Å². The molecule has 0 aliphatic carbocycles. The largest absolute Gasteiger partial charge is 0.385 e. The monoisotopic (exact) mass is 183 g/mol. The Morgan fingerprint density at radius 1 is 1.69 bits per heavy atom. The van der Waals surface area contributed by atoms with E-state index >= 15 is 0 Å². The van der Waals surface area contributed by atoms with Crippen LogP contribution in [0.5, 0.6) is 0 Å². The average molecular weight is 183 g/mol. The molecule has 0 amide bonds. The Kier molecular flexibility index (Phi) is 3.31. The van der Waals surface area contributed by atoms with E-state index in [1.165, 1.54) is 0 Å². The summed E-state index contributed by atoms with van der Waals surface area (Å²) in [4.78, 5) is 0. The highest BCUT2D eigenvalue weighted by Gasteiger charge is 2.09. The van der Waals surface area contributed by atoms with Crippen molar-refractivity contribution in [2.24, 2.45) is 0 Å². The van der Waals surface area contributed by atoms with E-state index in [0.29, 0.717) is 6.04 Å². The van der Waals surface area contributed by atoms with Gasteiger partial charge in [-0.05, 0) is 20.3 Å². The third-order valence-corrected chi connectivity index (χ3v) is 2.18.